The second-order valence-electron chi connectivity index (χ2n) is 4.82. The number of nitrogens with two attached hydrogens (primary N) is 2. The standard InChI is InChI=1S/C16H18N4O/c1-21-15-7-6-11(10-12(15)18)16-19-13-4-2-3-5-14(13)20(16)9-8-17/h2-7,10H,8-9,17-18H2,1H3. The highest BCUT2D eigenvalue weighted by atomic mass is 16.5. The van der Waals surface area contributed by atoms with Gasteiger partial charge in [0.25, 0.3) is 0 Å². The summed E-state index contributed by atoms with van der Waals surface area (Å²) >= 11 is 0. The van der Waals surface area contributed by atoms with Crippen molar-refractivity contribution >= 4 is 16.7 Å². The van der Waals surface area contributed by atoms with Crippen LogP contribution in [0.25, 0.3) is 22.4 Å². The molecule has 0 saturated heterocycles. The molecule has 4 N–H and O–H groups in total. The van der Waals surface area contributed by atoms with Gasteiger partial charge < -0.3 is 20.8 Å². The summed E-state index contributed by atoms with van der Waals surface area (Å²) in [6.45, 7) is 1.26. The molecule has 3 aromatic rings. The molecule has 1 heterocycles. The van der Waals surface area contributed by atoms with E-state index >= 15 is 0 Å². The fraction of sp³-hybridized carbons (Fsp3) is 0.188. The van der Waals surface area contributed by atoms with Gasteiger partial charge in [-0.2, -0.15) is 0 Å². The number of methoxy groups -OCH3 is 1. The van der Waals surface area contributed by atoms with Crippen LogP contribution in [0.15, 0.2) is 42.5 Å². The SMILES string of the molecule is COc1ccc(-c2nc3ccccc3n2CCN)cc1N. The summed E-state index contributed by atoms with van der Waals surface area (Å²) in [6, 6.07) is 13.7. The van der Waals surface area contributed by atoms with Crippen molar-refractivity contribution in [2.75, 3.05) is 19.4 Å². The van der Waals surface area contributed by atoms with E-state index in [9.17, 15) is 0 Å². The molecule has 0 saturated carbocycles. The second-order valence-corrected chi connectivity index (χ2v) is 4.82. The van der Waals surface area contributed by atoms with Crippen molar-refractivity contribution in [3.05, 3.63) is 42.5 Å². The first kappa shape index (κ1) is 13.5. The first-order chi connectivity index (χ1) is 10.2. The summed E-state index contributed by atoms with van der Waals surface area (Å²) in [4.78, 5) is 4.71. The van der Waals surface area contributed by atoms with Crippen LogP contribution in [0.4, 0.5) is 5.69 Å². The Balaban J connectivity index is 2.19. The van der Waals surface area contributed by atoms with Gasteiger partial charge in [-0.3, -0.25) is 0 Å². The highest BCUT2D eigenvalue weighted by Gasteiger charge is 2.13. The molecule has 0 amide bonds. The lowest BCUT2D eigenvalue weighted by atomic mass is 10.1. The molecule has 0 aliphatic heterocycles. The minimum Gasteiger partial charge on any atom is -0.495 e. The number of ether oxygens (including phenoxy) is 1. The van der Waals surface area contributed by atoms with Crippen LogP contribution >= 0.6 is 0 Å². The molecule has 0 aliphatic rings. The van der Waals surface area contributed by atoms with Crippen molar-refractivity contribution in [1.82, 2.24) is 9.55 Å². The highest BCUT2D eigenvalue weighted by Crippen LogP contribution is 2.30. The van der Waals surface area contributed by atoms with E-state index < -0.39 is 0 Å². The molecule has 3 rings (SSSR count). The molecule has 0 atom stereocenters. The monoisotopic (exact) mass is 282 g/mol. The van der Waals surface area contributed by atoms with Crippen molar-refractivity contribution < 1.29 is 4.74 Å². The molecule has 0 aliphatic carbocycles. The minimum absolute atomic E-state index is 0.555. The zero-order valence-corrected chi connectivity index (χ0v) is 11.9. The summed E-state index contributed by atoms with van der Waals surface area (Å²) < 4.78 is 7.32. The predicted octanol–water partition coefficient (Wildman–Crippen LogP) is 2.25. The van der Waals surface area contributed by atoms with Gasteiger partial charge in [0.2, 0.25) is 0 Å². The highest BCUT2D eigenvalue weighted by molar-refractivity contribution is 5.81. The lowest BCUT2D eigenvalue weighted by Crippen LogP contribution is -2.11. The second kappa shape index (κ2) is 5.46. The maximum atomic E-state index is 6.00. The number of hydrogen-bond donors (Lipinski definition) is 2. The summed E-state index contributed by atoms with van der Waals surface area (Å²) in [6.07, 6.45) is 0. The number of hydrogen-bond acceptors (Lipinski definition) is 4. The fourth-order valence-electron chi connectivity index (χ4n) is 2.52. The summed E-state index contributed by atoms with van der Waals surface area (Å²) in [5, 5.41) is 0. The van der Waals surface area contributed by atoms with E-state index in [1.165, 1.54) is 0 Å². The normalized spacial score (nSPS) is 11.0. The zero-order chi connectivity index (χ0) is 14.8. The molecule has 0 spiro atoms. The Morgan fingerprint density at radius 1 is 1.19 bits per heavy atom. The molecule has 0 unspecified atom stereocenters. The van der Waals surface area contributed by atoms with E-state index in [4.69, 9.17) is 21.2 Å². The number of nitrogens with zero attached hydrogens (tertiary/aromatic N) is 2. The van der Waals surface area contributed by atoms with E-state index in [0.29, 0.717) is 24.5 Å². The largest absolute Gasteiger partial charge is 0.495 e. The first-order valence-electron chi connectivity index (χ1n) is 6.84. The molecule has 1 aromatic heterocycles. The summed E-state index contributed by atoms with van der Waals surface area (Å²) in [5.41, 5.74) is 15.3. The number of benzene rings is 2. The van der Waals surface area contributed by atoms with Crippen molar-refractivity contribution in [3.63, 3.8) is 0 Å². The van der Waals surface area contributed by atoms with Crippen LogP contribution < -0.4 is 16.2 Å². The summed E-state index contributed by atoms with van der Waals surface area (Å²) in [5.74, 6) is 1.54. The molecule has 5 heteroatoms. The maximum absolute atomic E-state index is 6.00. The average molecular weight is 282 g/mol. The number of para-hydroxylation sites is 2. The van der Waals surface area contributed by atoms with E-state index in [2.05, 4.69) is 4.57 Å². The van der Waals surface area contributed by atoms with Gasteiger partial charge in [0, 0.05) is 18.7 Å². The van der Waals surface area contributed by atoms with E-state index in [0.717, 1.165) is 22.4 Å². The molecule has 21 heavy (non-hydrogen) atoms. The van der Waals surface area contributed by atoms with Crippen LogP contribution in [0.3, 0.4) is 0 Å². The maximum Gasteiger partial charge on any atom is 0.141 e. The third kappa shape index (κ3) is 2.32. The van der Waals surface area contributed by atoms with Gasteiger partial charge in [0.1, 0.15) is 11.6 Å². The molecule has 2 aromatic carbocycles. The zero-order valence-electron chi connectivity index (χ0n) is 11.9. The Bertz CT molecular complexity index is 779. The number of nitrogen functional groups attached to an aromatic ring is 1. The summed E-state index contributed by atoms with van der Waals surface area (Å²) in [7, 11) is 1.61. The van der Waals surface area contributed by atoms with Gasteiger partial charge >= 0.3 is 0 Å². The topological polar surface area (TPSA) is 79.1 Å². The lowest BCUT2D eigenvalue weighted by Gasteiger charge is -2.10. The smallest absolute Gasteiger partial charge is 0.141 e. The molecular formula is C16H18N4O. The van der Waals surface area contributed by atoms with Gasteiger partial charge in [0.15, 0.2) is 0 Å². The van der Waals surface area contributed by atoms with E-state index in [-0.39, 0.29) is 0 Å². The molecule has 108 valence electrons. The number of fused-ring (bicyclic) bond motifs is 1. The third-order valence-corrected chi connectivity index (χ3v) is 3.50. The Morgan fingerprint density at radius 3 is 2.71 bits per heavy atom. The Kier molecular flexibility index (Phi) is 3.50. The van der Waals surface area contributed by atoms with Crippen LogP contribution in [0, 0.1) is 0 Å². The predicted molar refractivity (Wildman–Crippen MR) is 85.2 cm³/mol. The van der Waals surface area contributed by atoms with Crippen LogP contribution in [0.1, 0.15) is 0 Å². The number of imidazole rings is 1. The van der Waals surface area contributed by atoms with E-state index in [1.807, 2.05) is 42.5 Å². The third-order valence-electron chi connectivity index (χ3n) is 3.50. The van der Waals surface area contributed by atoms with Crippen LogP contribution in [-0.4, -0.2) is 23.2 Å². The van der Waals surface area contributed by atoms with Gasteiger partial charge in [-0.05, 0) is 30.3 Å². The molecule has 0 bridgehead atoms. The van der Waals surface area contributed by atoms with Crippen LogP contribution in [0.2, 0.25) is 0 Å². The van der Waals surface area contributed by atoms with E-state index in [1.54, 1.807) is 7.11 Å². The van der Waals surface area contributed by atoms with Crippen LogP contribution in [-0.2, 0) is 6.54 Å². The van der Waals surface area contributed by atoms with Crippen molar-refractivity contribution in [1.29, 1.82) is 0 Å². The van der Waals surface area contributed by atoms with Gasteiger partial charge in [-0.15, -0.1) is 0 Å². The lowest BCUT2D eigenvalue weighted by molar-refractivity contribution is 0.417. The molecule has 0 fully saturated rings. The Morgan fingerprint density at radius 2 is 2.00 bits per heavy atom. The van der Waals surface area contributed by atoms with Gasteiger partial charge in [-0.1, -0.05) is 12.1 Å². The average Bonchev–Trinajstić information content (AvgIpc) is 2.87. The first-order valence-corrected chi connectivity index (χ1v) is 6.84. The Labute approximate surface area is 123 Å². The van der Waals surface area contributed by atoms with Crippen molar-refractivity contribution in [3.8, 4) is 17.1 Å². The van der Waals surface area contributed by atoms with Gasteiger partial charge in [-0.25, -0.2) is 4.98 Å². The minimum atomic E-state index is 0.555. The van der Waals surface area contributed by atoms with Crippen molar-refractivity contribution in [2.24, 2.45) is 5.73 Å². The fourth-order valence-corrected chi connectivity index (χ4v) is 2.52. The van der Waals surface area contributed by atoms with Crippen molar-refractivity contribution in [2.45, 2.75) is 6.54 Å². The quantitative estimate of drug-likeness (QED) is 0.719. The molecule has 5 nitrogen and oxygen atoms in total. The number of aromatic nitrogens is 2. The number of anilines is 1. The molecular weight excluding hydrogens is 264 g/mol. The Hall–Kier alpha value is -2.53. The van der Waals surface area contributed by atoms with Gasteiger partial charge in [0.05, 0.1) is 23.8 Å². The number of rotatable bonds is 4. The van der Waals surface area contributed by atoms with Crippen LogP contribution in [0.5, 0.6) is 5.75 Å². The molecule has 0 radical (unpaired) electrons.